The molecule has 0 aromatic heterocycles. The quantitative estimate of drug-likeness (QED) is 0.633. The Balaban J connectivity index is 0.000000561. The molecule has 0 aromatic carbocycles. The maximum atomic E-state index is 9.09. The van der Waals surface area contributed by atoms with Crippen LogP contribution in [-0.4, -0.2) is 18.7 Å². The molecule has 1 N–H and O–H groups in total. The van der Waals surface area contributed by atoms with Crippen LogP contribution in [-0.2, 0) is 4.65 Å². The largest absolute Gasteiger partial charge is 0.491 e. The maximum absolute atomic E-state index is 9.09. The van der Waals surface area contributed by atoms with E-state index in [2.05, 4.69) is 13.2 Å². The van der Waals surface area contributed by atoms with Crippen LogP contribution in [0.4, 0.5) is 0 Å². The molecule has 0 unspecified atom stereocenters. The number of allylic oxidation sites excluding steroid dienone is 2. The zero-order chi connectivity index (χ0) is 9.56. The van der Waals surface area contributed by atoms with E-state index in [1.165, 1.54) is 0 Å². The van der Waals surface area contributed by atoms with Crippen LogP contribution in [0.1, 0.15) is 13.8 Å². The van der Waals surface area contributed by atoms with Crippen LogP contribution in [0.15, 0.2) is 36.4 Å². The van der Waals surface area contributed by atoms with Gasteiger partial charge in [-0.05, 0) is 11.0 Å². The highest BCUT2D eigenvalue weighted by Gasteiger charge is 2.26. The van der Waals surface area contributed by atoms with Crippen LogP contribution in [0.3, 0.4) is 0 Å². The lowest BCUT2D eigenvalue weighted by Crippen LogP contribution is -2.13. The summed E-state index contributed by atoms with van der Waals surface area (Å²) in [5.74, 6) is 0. The third-order valence-electron chi connectivity index (χ3n) is 1.50. The van der Waals surface area contributed by atoms with Gasteiger partial charge >= 0.3 is 7.12 Å². The number of hydrogen-bond acceptors (Lipinski definition) is 2. The average Bonchev–Trinajstić information content (AvgIpc) is 2.49. The van der Waals surface area contributed by atoms with Crippen LogP contribution in [0, 0.1) is 0 Å². The van der Waals surface area contributed by atoms with E-state index in [0.29, 0.717) is 6.61 Å². The van der Waals surface area contributed by atoms with E-state index in [1.54, 1.807) is 12.2 Å². The molecule has 2 nitrogen and oxygen atoms in total. The smallest absolute Gasteiger partial charge is 0.423 e. The first-order valence-electron chi connectivity index (χ1n) is 4.07. The second-order valence-corrected chi connectivity index (χ2v) is 2.05. The lowest BCUT2D eigenvalue weighted by molar-refractivity contribution is 0.311. The minimum atomic E-state index is -0.800. The van der Waals surface area contributed by atoms with Gasteiger partial charge in [-0.1, -0.05) is 39.2 Å². The van der Waals surface area contributed by atoms with E-state index in [4.69, 9.17) is 9.68 Å². The Hall–Kier alpha value is -0.795. The van der Waals surface area contributed by atoms with Crippen molar-refractivity contribution in [2.24, 2.45) is 0 Å². The van der Waals surface area contributed by atoms with Crippen molar-refractivity contribution in [1.82, 2.24) is 0 Å². The van der Waals surface area contributed by atoms with Gasteiger partial charge in [-0.2, -0.15) is 0 Å². The van der Waals surface area contributed by atoms with Gasteiger partial charge in [0, 0.05) is 0 Å². The average molecular weight is 166 g/mol. The topological polar surface area (TPSA) is 29.5 Å². The fourth-order valence-corrected chi connectivity index (χ4v) is 0.909. The molecular formula is C9H15BO2. The molecule has 0 radical (unpaired) electrons. The molecule has 1 rings (SSSR count). The van der Waals surface area contributed by atoms with Crippen molar-refractivity contribution in [3.8, 4) is 0 Å². The summed E-state index contributed by atoms with van der Waals surface area (Å²) in [5, 5.41) is 9.09. The first-order valence-corrected chi connectivity index (χ1v) is 4.07. The highest BCUT2D eigenvalue weighted by atomic mass is 16.5. The molecule has 0 aromatic rings. The molecule has 0 atom stereocenters. The first-order chi connectivity index (χ1) is 5.79. The fourth-order valence-electron chi connectivity index (χ4n) is 0.909. The van der Waals surface area contributed by atoms with E-state index in [-0.39, 0.29) is 0 Å². The zero-order valence-corrected chi connectivity index (χ0v) is 7.71. The van der Waals surface area contributed by atoms with Crippen molar-refractivity contribution >= 4 is 7.12 Å². The molecular weight excluding hydrogens is 151 g/mol. The Morgan fingerprint density at radius 1 is 1.42 bits per heavy atom. The van der Waals surface area contributed by atoms with E-state index in [1.807, 2.05) is 13.8 Å². The number of hydrogen-bond donors (Lipinski definition) is 1. The number of rotatable bonds is 2. The molecule has 0 saturated heterocycles. The van der Waals surface area contributed by atoms with Crippen molar-refractivity contribution in [3.05, 3.63) is 36.4 Å². The van der Waals surface area contributed by atoms with Crippen molar-refractivity contribution in [3.63, 3.8) is 0 Å². The van der Waals surface area contributed by atoms with Crippen LogP contribution in [0.5, 0.6) is 0 Å². The van der Waals surface area contributed by atoms with Gasteiger partial charge in [0.1, 0.15) is 0 Å². The maximum Gasteiger partial charge on any atom is 0.491 e. The standard InChI is InChI=1S/C7H9BO2.C2H6/c1-3-6-5-10-8(9)7(6)4-2;1-2/h3-4,9H,1-2,5H2;1-2H3. The molecule has 12 heavy (non-hydrogen) atoms. The summed E-state index contributed by atoms with van der Waals surface area (Å²) in [4.78, 5) is 0. The molecule has 0 amide bonds. The second kappa shape index (κ2) is 5.80. The first kappa shape index (κ1) is 11.2. The van der Waals surface area contributed by atoms with Gasteiger partial charge in [-0.15, -0.1) is 0 Å². The predicted octanol–water partition coefficient (Wildman–Crippen LogP) is 1.73. The second-order valence-electron chi connectivity index (χ2n) is 2.05. The molecule has 1 aliphatic heterocycles. The van der Waals surface area contributed by atoms with Gasteiger partial charge in [0.25, 0.3) is 0 Å². The molecule has 0 fully saturated rings. The lowest BCUT2D eigenvalue weighted by Gasteiger charge is -1.93. The highest BCUT2D eigenvalue weighted by Crippen LogP contribution is 2.17. The molecule has 3 heteroatoms. The van der Waals surface area contributed by atoms with Crippen LogP contribution < -0.4 is 0 Å². The molecule has 66 valence electrons. The van der Waals surface area contributed by atoms with Crippen molar-refractivity contribution in [2.75, 3.05) is 6.61 Å². The summed E-state index contributed by atoms with van der Waals surface area (Å²) in [6.45, 7) is 11.6. The van der Waals surface area contributed by atoms with Crippen LogP contribution >= 0.6 is 0 Å². The molecule has 0 bridgehead atoms. The predicted molar refractivity (Wildman–Crippen MR) is 52.7 cm³/mol. The van der Waals surface area contributed by atoms with Gasteiger partial charge in [0.2, 0.25) is 0 Å². The SMILES string of the molecule is C=CC1=C(C=C)B(O)OC1.CC. The van der Waals surface area contributed by atoms with E-state index < -0.39 is 7.12 Å². The minimum Gasteiger partial charge on any atom is -0.423 e. The molecule has 0 aliphatic carbocycles. The van der Waals surface area contributed by atoms with Gasteiger partial charge in [-0.25, -0.2) is 0 Å². The summed E-state index contributed by atoms with van der Waals surface area (Å²) < 4.78 is 4.90. The van der Waals surface area contributed by atoms with Crippen LogP contribution in [0.25, 0.3) is 0 Å². The Bertz CT molecular complexity index is 197. The van der Waals surface area contributed by atoms with E-state index in [0.717, 1.165) is 11.0 Å². The van der Waals surface area contributed by atoms with E-state index in [9.17, 15) is 0 Å². The monoisotopic (exact) mass is 166 g/mol. The third-order valence-corrected chi connectivity index (χ3v) is 1.50. The van der Waals surface area contributed by atoms with Gasteiger partial charge in [-0.3, -0.25) is 0 Å². The van der Waals surface area contributed by atoms with Crippen LogP contribution in [0.2, 0.25) is 0 Å². The molecule has 0 saturated carbocycles. The Morgan fingerprint density at radius 2 is 2.00 bits per heavy atom. The van der Waals surface area contributed by atoms with E-state index >= 15 is 0 Å². The highest BCUT2D eigenvalue weighted by molar-refractivity contribution is 6.54. The summed E-state index contributed by atoms with van der Waals surface area (Å²) in [6, 6.07) is 0. The Kier molecular flexibility index (Phi) is 5.42. The minimum absolute atomic E-state index is 0.437. The van der Waals surface area contributed by atoms with Crippen molar-refractivity contribution in [1.29, 1.82) is 0 Å². The Labute approximate surface area is 74.4 Å². The summed E-state index contributed by atoms with van der Waals surface area (Å²) >= 11 is 0. The zero-order valence-electron chi connectivity index (χ0n) is 7.71. The van der Waals surface area contributed by atoms with Gasteiger partial charge < -0.3 is 9.68 Å². The van der Waals surface area contributed by atoms with Crippen molar-refractivity contribution < 1.29 is 9.68 Å². The normalized spacial score (nSPS) is 15.4. The summed E-state index contributed by atoms with van der Waals surface area (Å²) in [5.41, 5.74) is 1.65. The fraction of sp³-hybridized carbons (Fsp3) is 0.333. The summed E-state index contributed by atoms with van der Waals surface area (Å²) in [6.07, 6.45) is 3.27. The van der Waals surface area contributed by atoms with Gasteiger partial charge in [0.15, 0.2) is 0 Å². The summed E-state index contributed by atoms with van der Waals surface area (Å²) in [7, 11) is -0.800. The Morgan fingerprint density at radius 3 is 2.33 bits per heavy atom. The van der Waals surface area contributed by atoms with Crippen molar-refractivity contribution in [2.45, 2.75) is 13.8 Å². The van der Waals surface area contributed by atoms with Gasteiger partial charge in [0.05, 0.1) is 6.61 Å². The third kappa shape index (κ3) is 2.36. The molecule has 0 spiro atoms. The molecule has 1 aliphatic rings. The lowest BCUT2D eigenvalue weighted by atomic mass is 9.78. The molecule has 1 heterocycles.